The van der Waals surface area contributed by atoms with Crippen LogP contribution in [0.25, 0.3) is 88.9 Å². The van der Waals surface area contributed by atoms with Gasteiger partial charge in [0.1, 0.15) is 11.6 Å². The number of nitriles is 3. The Bertz CT molecular complexity index is 3130. The summed E-state index contributed by atoms with van der Waals surface area (Å²) in [4.78, 5) is 18.1. The van der Waals surface area contributed by atoms with Gasteiger partial charge < -0.3 is 9.13 Å². The van der Waals surface area contributed by atoms with Crippen LogP contribution in [-0.4, -0.2) is 29.1 Å². The molecule has 4 heterocycles. The van der Waals surface area contributed by atoms with Crippen molar-refractivity contribution in [3.05, 3.63) is 169 Å². The number of aromatic nitrogens is 6. The molecule has 0 aliphatic carbocycles. The molecule has 4 aromatic heterocycles. The van der Waals surface area contributed by atoms with Crippen molar-refractivity contribution >= 4 is 43.6 Å². The Morgan fingerprint density at radius 3 is 1.25 bits per heavy atom. The highest BCUT2D eigenvalue weighted by atomic mass is 15.0. The maximum Gasteiger partial charge on any atom is 0.159 e. The number of rotatable bonds is 5. The minimum atomic E-state index is 0.361. The summed E-state index contributed by atoms with van der Waals surface area (Å²) in [6.07, 6.45) is 6.88. The van der Waals surface area contributed by atoms with Gasteiger partial charge >= 0.3 is 0 Å². The molecule has 0 unspecified atom stereocenters. The summed E-state index contributed by atoms with van der Waals surface area (Å²) < 4.78 is 4.25. The predicted molar refractivity (Wildman–Crippen MR) is 217 cm³/mol. The Morgan fingerprint density at radius 2 is 0.804 bits per heavy atom. The largest absolute Gasteiger partial charge is 0.308 e. The molecule has 0 aliphatic rings. The molecule has 0 bridgehead atoms. The summed E-state index contributed by atoms with van der Waals surface area (Å²) in [5.41, 5.74) is 9.01. The van der Waals surface area contributed by atoms with E-state index in [4.69, 9.17) is 0 Å². The van der Waals surface area contributed by atoms with Gasteiger partial charge in [0.05, 0.1) is 56.7 Å². The second kappa shape index (κ2) is 12.9. The molecule has 0 aliphatic heterocycles. The lowest BCUT2D eigenvalue weighted by molar-refractivity contribution is 1.12. The lowest BCUT2D eigenvalue weighted by Gasteiger charge is -2.19. The van der Waals surface area contributed by atoms with Gasteiger partial charge in [-0.25, -0.2) is 19.9 Å². The maximum atomic E-state index is 11.4. The van der Waals surface area contributed by atoms with Gasteiger partial charge in [0, 0.05) is 57.5 Å². The first kappa shape index (κ1) is 32.2. The van der Waals surface area contributed by atoms with Gasteiger partial charge in [-0.15, -0.1) is 0 Å². The molecule has 258 valence electrons. The summed E-state index contributed by atoms with van der Waals surface area (Å²) in [5.74, 6) is 1.17. The van der Waals surface area contributed by atoms with Crippen molar-refractivity contribution in [2.45, 2.75) is 0 Å². The Kier molecular flexibility index (Phi) is 7.42. The fraction of sp³-hybridized carbons (Fsp3) is 0. The SMILES string of the molecule is N#Cc1cc(C#N)cc(-c2cc(-n3c4ccccc4c4ccc(-c5ncccn5)cc43)c(C#N)c(-n3c4ccccc4c4ccc(-c5ncccn5)cc43)c2)c1. The van der Waals surface area contributed by atoms with E-state index in [0.717, 1.165) is 60.3 Å². The van der Waals surface area contributed by atoms with Crippen LogP contribution in [0.4, 0.5) is 0 Å². The van der Waals surface area contributed by atoms with Gasteiger partial charge in [0.25, 0.3) is 0 Å². The molecule has 9 heteroatoms. The molecule has 0 radical (unpaired) electrons. The number of para-hydroxylation sites is 2. The summed E-state index contributed by atoms with van der Waals surface area (Å²) in [6.45, 7) is 0. The van der Waals surface area contributed by atoms with Crippen molar-refractivity contribution in [2.75, 3.05) is 0 Å². The van der Waals surface area contributed by atoms with Crippen LogP contribution in [-0.2, 0) is 0 Å². The third kappa shape index (κ3) is 5.07. The van der Waals surface area contributed by atoms with E-state index >= 15 is 0 Å². The quantitative estimate of drug-likeness (QED) is 0.173. The Morgan fingerprint density at radius 1 is 0.375 bits per heavy atom. The number of benzene rings is 6. The summed E-state index contributed by atoms with van der Waals surface area (Å²) in [7, 11) is 0. The molecule has 0 spiro atoms. The molecule has 9 nitrogen and oxygen atoms in total. The van der Waals surface area contributed by atoms with Crippen molar-refractivity contribution in [1.29, 1.82) is 15.8 Å². The van der Waals surface area contributed by atoms with Crippen LogP contribution in [0.5, 0.6) is 0 Å². The average Bonchev–Trinajstić information content (AvgIpc) is 3.78. The van der Waals surface area contributed by atoms with E-state index in [1.807, 2.05) is 48.5 Å². The fourth-order valence-corrected chi connectivity index (χ4v) is 7.80. The van der Waals surface area contributed by atoms with Gasteiger partial charge in [0.2, 0.25) is 0 Å². The van der Waals surface area contributed by atoms with E-state index in [9.17, 15) is 15.8 Å². The first-order valence-electron chi connectivity index (χ1n) is 17.8. The van der Waals surface area contributed by atoms with Crippen molar-refractivity contribution in [3.63, 3.8) is 0 Å². The molecule has 0 fully saturated rings. The molecule has 0 saturated heterocycles. The zero-order valence-electron chi connectivity index (χ0n) is 29.5. The van der Waals surface area contributed by atoms with Crippen molar-refractivity contribution in [2.24, 2.45) is 0 Å². The van der Waals surface area contributed by atoms with Crippen molar-refractivity contribution < 1.29 is 0 Å². The molecular formula is C47H25N9. The third-order valence-electron chi connectivity index (χ3n) is 10.2. The van der Waals surface area contributed by atoms with E-state index < -0.39 is 0 Å². The third-order valence-corrected chi connectivity index (χ3v) is 10.2. The van der Waals surface area contributed by atoms with Crippen LogP contribution in [0, 0.1) is 34.0 Å². The van der Waals surface area contributed by atoms with Crippen LogP contribution in [0.1, 0.15) is 16.7 Å². The minimum absolute atomic E-state index is 0.361. The second-order valence-corrected chi connectivity index (χ2v) is 13.3. The average molecular weight is 716 g/mol. The van der Waals surface area contributed by atoms with Crippen LogP contribution >= 0.6 is 0 Å². The van der Waals surface area contributed by atoms with E-state index in [2.05, 4.69) is 95.8 Å². The Balaban J connectivity index is 1.36. The Hall–Kier alpha value is -8.45. The molecule has 0 saturated carbocycles. The zero-order chi connectivity index (χ0) is 37.8. The van der Waals surface area contributed by atoms with Crippen LogP contribution in [0.2, 0.25) is 0 Å². The summed E-state index contributed by atoms with van der Waals surface area (Å²) in [5, 5.41) is 35.4. The van der Waals surface area contributed by atoms with Crippen LogP contribution in [0.3, 0.4) is 0 Å². The first-order valence-corrected chi connectivity index (χ1v) is 17.8. The smallest absolute Gasteiger partial charge is 0.159 e. The number of hydrogen-bond donors (Lipinski definition) is 0. The highest BCUT2D eigenvalue weighted by Crippen LogP contribution is 2.41. The summed E-state index contributed by atoms with van der Waals surface area (Å²) >= 11 is 0. The molecule has 0 N–H and O–H groups in total. The van der Waals surface area contributed by atoms with Crippen molar-refractivity contribution in [1.82, 2.24) is 29.1 Å². The molecule has 0 amide bonds. The van der Waals surface area contributed by atoms with Gasteiger partial charge in [-0.1, -0.05) is 60.7 Å². The molecule has 56 heavy (non-hydrogen) atoms. The van der Waals surface area contributed by atoms with Gasteiger partial charge in [-0.05, 0) is 77.9 Å². The minimum Gasteiger partial charge on any atom is -0.308 e. The predicted octanol–water partition coefficient (Wildman–Crippen LogP) is 10.1. The lowest BCUT2D eigenvalue weighted by Crippen LogP contribution is -2.05. The topological polar surface area (TPSA) is 133 Å². The number of fused-ring (bicyclic) bond motifs is 6. The number of hydrogen-bond acceptors (Lipinski definition) is 7. The lowest BCUT2D eigenvalue weighted by atomic mass is 9.97. The molecule has 10 rings (SSSR count). The standard InChI is InChI=1S/C47H25N9/c48-26-29-19-30(27-49)21-33(20-29)34-24-44(55-40-9-3-1-7-35(40)37-13-11-31(22-42(37)55)46-51-15-5-16-52-46)39(28-50)45(25-34)56-41-10-4-2-8-36(41)38-14-12-32(23-43(38)56)47-53-17-6-18-54-47/h1-25H. The first-order chi connectivity index (χ1) is 27.6. The maximum absolute atomic E-state index is 11.4. The zero-order valence-corrected chi connectivity index (χ0v) is 29.5. The number of nitrogens with zero attached hydrogens (tertiary/aromatic N) is 9. The summed E-state index contributed by atoms with van der Waals surface area (Å²) in [6, 6.07) is 48.3. The van der Waals surface area contributed by atoms with E-state index in [1.54, 1.807) is 55.1 Å². The molecular weight excluding hydrogens is 691 g/mol. The highest BCUT2D eigenvalue weighted by molar-refractivity contribution is 6.12. The monoisotopic (exact) mass is 715 g/mol. The Labute approximate surface area is 319 Å². The van der Waals surface area contributed by atoms with Gasteiger partial charge in [-0.2, -0.15) is 15.8 Å². The normalized spacial score (nSPS) is 11.2. The molecule has 0 atom stereocenters. The highest BCUT2D eigenvalue weighted by Gasteiger charge is 2.23. The van der Waals surface area contributed by atoms with E-state index in [0.29, 0.717) is 45.3 Å². The fourth-order valence-electron chi connectivity index (χ4n) is 7.80. The van der Waals surface area contributed by atoms with E-state index in [1.165, 1.54) is 0 Å². The second-order valence-electron chi connectivity index (χ2n) is 13.3. The van der Waals surface area contributed by atoms with Crippen LogP contribution < -0.4 is 0 Å². The van der Waals surface area contributed by atoms with E-state index in [-0.39, 0.29) is 0 Å². The van der Waals surface area contributed by atoms with Gasteiger partial charge in [0.15, 0.2) is 11.6 Å². The van der Waals surface area contributed by atoms with Gasteiger partial charge in [-0.3, -0.25) is 0 Å². The van der Waals surface area contributed by atoms with Crippen molar-refractivity contribution in [3.8, 4) is 63.5 Å². The molecule has 6 aromatic carbocycles. The van der Waals surface area contributed by atoms with Crippen LogP contribution in [0.15, 0.2) is 152 Å². The molecule has 10 aromatic rings.